The lowest BCUT2D eigenvalue weighted by atomic mass is 10.0. The molecule has 2 aliphatic heterocycles. The number of morpholine rings is 1. The molecule has 0 saturated carbocycles. The Hall–Kier alpha value is -4.43. The molecule has 0 bridgehead atoms. The van der Waals surface area contributed by atoms with Crippen molar-refractivity contribution in [2.24, 2.45) is 0 Å². The number of hydrogen-bond donors (Lipinski definition) is 2. The van der Waals surface area contributed by atoms with Crippen LogP contribution in [0.1, 0.15) is 42.4 Å². The number of halogens is 4. The number of nitrogens with one attached hydrogen (secondary N) is 1. The Morgan fingerprint density at radius 3 is 2.71 bits per heavy atom. The maximum Gasteiger partial charge on any atom is 0.263 e. The van der Waals surface area contributed by atoms with Crippen molar-refractivity contribution in [3.05, 3.63) is 62.7 Å². The molecule has 5 heterocycles. The molecular formula is C30H28ClF3N6O5. The van der Waals surface area contributed by atoms with Crippen molar-refractivity contribution >= 4 is 46.3 Å². The Balaban J connectivity index is 1.43. The number of aromatic hydroxyl groups is 1. The van der Waals surface area contributed by atoms with Crippen LogP contribution in [0.5, 0.6) is 5.75 Å². The van der Waals surface area contributed by atoms with Crippen LogP contribution in [0.2, 0.25) is 5.02 Å². The second-order valence-electron chi connectivity index (χ2n) is 11.1. The van der Waals surface area contributed by atoms with Crippen molar-refractivity contribution < 1.29 is 32.6 Å². The fourth-order valence-corrected chi connectivity index (χ4v) is 5.99. The van der Waals surface area contributed by atoms with Gasteiger partial charge in [0.2, 0.25) is 17.7 Å². The van der Waals surface area contributed by atoms with Gasteiger partial charge in [0.1, 0.15) is 28.9 Å². The van der Waals surface area contributed by atoms with Crippen molar-refractivity contribution in [3.8, 4) is 16.9 Å². The predicted octanol–water partition coefficient (Wildman–Crippen LogP) is 4.44. The molecule has 2 aliphatic rings. The highest BCUT2D eigenvalue weighted by Gasteiger charge is 2.27. The van der Waals surface area contributed by atoms with Gasteiger partial charge in [-0.2, -0.15) is 8.78 Å². The second kappa shape index (κ2) is 12.2. The number of benzene rings is 1. The van der Waals surface area contributed by atoms with Gasteiger partial charge in [-0.25, -0.2) is 14.4 Å². The number of fused-ring (bicyclic) bond motifs is 2. The van der Waals surface area contributed by atoms with Crippen molar-refractivity contribution in [2.75, 3.05) is 30.0 Å². The molecule has 0 spiro atoms. The third kappa shape index (κ3) is 5.52. The Morgan fingerprint density at radius 2 is 1.96 bits per heavy atom. The van der Waals surface area contributed by atoms with E-state index in [1.807, 2.05) is 11.8 Å². The highest BCUT2D eigenvalue weighted by Crippen LogP contribution is 2.36. The summed E-state index contributed by atoms with van der Waals surface area (Å²) >= 11 is 6.17. The number of hydrogen-bond acceptors (Lipinski definition) is 8. The van der Waals surface area contributed by atoms with Crippen molar-refractivity contribution in [2.45, 2.75) is 51.7 Å². The molecule has 1 amide bonds. The van der Waals surface area contributed by atoms with E-state index in [1.54, 1.807) is 0 Å². The lowest BCUT2D eigenvalue weighted by Crippen LogP contribution is -2.44. The summed E-state index contributed by atoms with van der Waals surface area (Å²) in [7, 11) is 0. The largest absolute Gasteiger partial charge is 0.504 e. The Bertz CT molecular complexity index is 1910. The van der Waals surface area contributed by atoms with Gasteiger partial charge in [0.05, 0.1) is 35.9 Å². The quantitative estimate of drug-likeness (QED) is 0.233. The van der Waals surface area contributed by atoms with Crippen LogP contribution >= 0.6 is 11.6 Å². The van der Waals surface area contributed by atoms with E-state index in [1.165, 1.54) is 21.4 Å². The molecular weight excluding hydrogens is 617 g/mol. The summed E-state index contributed by atoms with van der Waals surface area (Å²) in [4.78, 5) is 49.1. The van der Waals surface area contributed by atoms with Crippen LogP contribution in [0.4, 0.5) is 24.7 Å². The van der Waals surface area contributed by atoms with Gasteiger partial charge in [-0.05, 0) is 25.8 Å². The molecule has 15 heteroatoms. The van der Waals surface area contributed by atoms with E-state index in [9.17, 15) is 28.3 Å². The first-order chi connectivity index (χ1) is 21.6. The summed E-state index contributed by atoms with van der Waals surface area (Å²) in [5.41, 5.74) is -1.63. The average molecular weight is 645 g/mol. The average Bonchev–Trinajstić information content (AvgIpc) is 3.19. The molecule has 0 aliphatic carbocycles. The number of phenolic OH excluding ortho intramolecular Hbond substituents is 1. The molecule has 1 aromatic carbocycles. The van der Waals surface area contributed by atoms with Crippen LogP contribution in [-0.4, -0.2) is 62.2 Å². The first-order valence-corrected chi connectivity index (χ1v) is 14.8. The monoisotopic (exact) mass is 644 g/mol. The van der Waals surface area contributed by atoms with E-state index in [-0.39, 0.29) is 40.4 Å². The number of anilines is 2. The minimum atomic E-state index is -1.66. The van der Waals surface area contributed by atoms with Crippen LogP contribution in [0.25, 0.3) is 22.2 Å². The van der Waals surface area contributed by atoms with Gasteiger partial charge in [0.25, 0.3) is 5.56 Å². The van der Waals surface area contributed by atoms with Gasteiger partial charge in [-0.15, -0.1) is 0 Å². The number of phenols is 1. The zero-order valence-electron chi connectivity index (χ0n) is 24.1. The summed E-state index contributed by atoms with van der Waals surface area (Å²) in [6.07, 6.45) is 4.26. The number of carbonyl (C=O) groups excluding carboxylic acids is 2. The van der Waals surface area contributed by atoms with Crippen molar-refractivity contribution in [3.63, 3.8) is 0 Å². The van der Waals surface area contributed by atoms with Crippen molar-refractivity contribution in [1.29, 1.82) is 0 Å². The maximum atomic E-state index is 15.3. The maximum absolute atomic E-state index is 15.3. The summed E-state index contributed by atoms with van der Waals surface area (Å²) < 4.78 is 52.9. The van der Waals surface area contributed by atoms with E-state index in [4.69, 9.17) is 16.3 Å². The number of aryl methyl sites for hydroxylation is 1. The van der Waals surface area contributed by atoms with Gasteiger partial charge >= 0.3 is 0 Å². The molecule has 1 atom stereocenters. The lowest BCUT2D eigenvalue weighted by molar-refractivity contribution is -0.116. The molecule has 6 rings (SSSR count). The highest BCUT2D eigenvalue weighted by molar-refractivity contribution is 6.33. The first kappa shape index (κ1) is 30.6. The molecule has 0 radical (unpaired) electrons. The molecule has 1 fully saturated rings. The molecule has 1 saturated heterocycles. The first-order valence-electron chi connectivity index (χ1n) is 14.4. The number of amides is 1. The van der Waals surface area contributed by atoms with Gasteiger partial charge in [-0.1, -0.05) is 18.0 Å². The number of carbonyl (C=O) groups is 2. The third-order valence-corrected chi connectivity index (χ3v) is 8.48. The molecule has 236 valence electrons. The summed E-state index contributed by atoms with van der Waals surface area (Å²) in [5.74, 6) is -5.23. The molecule has 45 heavy (non-hydrogen) atoms. The van der Waals surface area contributed by atoms with E-state index in [0.717, 1.165) is 18.9 Å². The Morgan fingerprint density at radius 1 is 1.16 bits per heavy atom. The topological polar surface area (TPSA) is 132 Å². The number of rotatable bonds is 6. The smallest absolute Gasteiger partial charge is 0.263 e. The minimum Gasteiger partial charge on any atom is -0.504 e. The minimum absolute atomic E-state index is 0.0358. The summed E-state index contributed by atoms with van der Waals surface area (Å²) in [6, 6.07) is 2.28. The van der Waals surface area contributed by atoms with Crippen LogP contribution < -0.4 is 15.8 Å². The second-order valence-corrected chi connectivity index (χ2v) is 11.4. The Kier molecular flexibility index (Phi) is 8.27. The zero-order valence-corrected chi connectivity index (χ0v) is 24.8. The van der Waals surface area contributed by atoms with E-state index in [0.29, 0.717) is 45.0 Å². The van der Waals surface area contributed by atoms with Crippen LogP contribution in [0.3, 0.4) is 0 Å². The normalized spacial score (nSPS) is 16.8. The summed E-state index contributed by atoms with van der Waals surface area (Å²) in [5, 5.41) is 12.0. The fourth-order valence-electron chi connectivity index (χ4n) is 5.84. The van der Waals surface area contributed by atoms with E-state index in [2.05, 4.69) is 15.3 Å². The van der Waals surface area contributed by atoms with Gasteiger partial charge in [0.15, 0.2) is 17.9 Å². The summed E-state index contributed by atoms with van der Waals surface area (Å²) in [6.45, 7) is 3.05. The van der Waals surface area contributed by atoms with Gasteiger partial charge in [0, 0.05) is 42.9 Å². The Labute approximate surface area is 259 Å². The van der Waals surface area contributed by atoms with Crippen LogP contribution in [0.15, 0.2) is 23.1 Å². The number of ether oxygens (including phenoxy) is 1. The molecule has 0 unspecified atom stereocenters. The van der Waals surface area contributed by atoms with Crippen LogP contribution in [-0.2, 0) is 29.0 Å². The number of aromatic nitrogens is 4. The standard InChI is InChI=1S/C30H28ClF3N6O5/c1-15-14-45-8-7-39(15)21-10-19(24(31)28(34)36-21)35-22(42)12-38-11-18(17-9-16(13-41)27(43)26(33)25(17)32)23-29(38)37-20-5-3-2-4-6-40(20)30(23)44/h9-11,13,15,43H,2-8,12,14H2,1H3,(H,35,36,42)/t15-/m0/s1. The molecule has 11 nitrogen and oxygen atoms in total. The number of pyridine rings is 1. The van der Waals surface area contributed by atoms with Gasteiger partial charge < -0.3 is 24.6 Å². The SMILES string of the molecule is C[C@H]1COCCN1c1cc(NC(=O)Cn2cc(-c3cc(C=O)c(O)c(F)c3F)c3c(=O)n4c(nc32)CCCCC4)c(Cl)c(F)n1. The number of aldehydes is 1. The van der Waals surface area contributed by atoms with E-state index >= 15 is 4.39 Å². The highest BCUT2D eigenvalue weighted by atomic mass is 35.5. The molecule has 4 aromatic rings. The lowest BCUT2D eigenvalue weighted by Gasteiger charge is -2.34. The zero-order chi connectivity index (χ0) is 32.0. The number of nitrogens with zero attached hydrogens (tertiary/aromatic N) is 5. The molecule has 3 aromatic heterocycles. The predicted molar refractivity (Wildman–Crippen MR) is 159 cm³/mol. The van der Waals surface area contributed by atoms with Gasteiger partial charge in [-0.3, -0.25) is 19.0 Å². The molecule has 2 N–H and O–H groups in total. The van der Waals surface area contributed by atoms with Crippen LogP contribution in [0, 0.1) is 17.6 Å². The third-order valence-electron chi connectivity index (χ3n) is 8.12. The fraction of sp³-hybridized carbons (Fsp3) is 0.367. The van der Waals surface area contributed by atoms with Crippen molar-refractivity contribution in [1.82, 2.24) is 19.1 Å². The van der Waals surface area contributed by atoms with E-state index < -0.39 is 57.5 Å².